The van der Waals surface area contributed by atoms with Gasteiger partial charge in [-0.2, -0.15) is 5.10 Å². The van der Waals surface area contributed by atoms with Crippen molar-refractivity contribution in [3.63, 3.8) is 0 Å². The highest BCUT2D eigenvalue weighted by atomic mass is 32.1. The monoisotopic (exact) mass is 313 g/mol. The fraction of sp³-hybridized carbons (Fsp3) is 0.0625. The number of nitrogens with zero attached hydrogens (tertiary/aromatic N) is 1. The number of hydrogen-bond donors (Lipinski definition) is 2. The zero-order valence-corrected chi connectivity index (χ0v) is 12.8. The van der Waals surface area contributed by atoms with Gasteiger partial charge in [-0.1, -0.05) is 29.8 Å². The first-order valence-corrected chi connectivity index (χ1v) is 6.93. The van der Waals surface area contributed by atoms with E-state index in [0.717, 1.165) is 5.56 Å². The number of thiocarbonyl (C=S) groups is 1. The number of para-hydroxylation sites is 1. The predicted octanol–water partition coefficient (Wildman–Crippen LogP) is 2.38. The zero-order valence-electron chi connectivity index (χ0n) is 11.9. The van der Waals surface area contributed by atoms with Gasteiger partial charge in [0.15, 0.2) is 5.11 Å². The summed E-state index contributed by atoms with van der Waals surface area (Å²) in [6.45, 7) is 1.95. The lowest BCUT2D eigenvalue weighted by Gasteiger charge is -2.07. The zero-order chi connectivity index (χ0) is 15.9. The number of benzene rings is 2. The van der Waals surface area contributed by atoms with E-state index in [9.17, 15) is 4.79 Å². The lowest BCUT2D eigenvalue weighted by Crippen LogP contribution is -2.24. The van der Waals surface area contributed by atoms with Crippen molar-refractivity contribution < 1.29 is 9.53 Å². The first kappa shape index (κ1) is 15.7. The van der Waals surface area contributed by atoms with Gasteiger partial charge in [0, 0.05) is 5.56 Å². The molecule has 0 aromatic heterocycles. The van der Waals surface area contributed by atoms with E-state index >= 15 is 0 Å². The molecule has 6 heteroatoms. The van der Waals surface area contributed by atoms with Crippen LogP contribution in [0.5, 0.6) is 5.75 Å². The molecule has 2 rings (SSSR count). The van der Waals surface area contributed by atoms with Gasteiger partial charge in [-0.05, 0) is 43.4 Å². The predicted molar refractivity (Wildman–Crippen MR) is 90.1 cm³/mol. The maximum Gasteiger partial charge on any atom is 0.343 e. The van der Waals surface area contributed by atoms with E-state index in [1.807, 2.05) is 25.1 Å². The van der Waals surface area contributed by atoms with E-state index in [2.05, 4.69) is 22.7 Å². The van der Waals surface area contributed by atoms with Crippen LogP contribution in [0.2, 0.25) is 0 Å². The second-order valence-electron chi connectivity index (χ2n) is 4.53. The topological polar surface area (TPSA) is 76.7 Å². The van der Waals surface area contributed by atoms with Crippen molar-refractivity contribution in [1.82, 2.24) is 5.43 Å². The summed E-state index contributed by atoms with van der Waals surface area (Å²) in [6, 6.07) is 14.2. The minimum absolute atomic E-state index is 0.0605. The van der Waals surface area contributed by atoms with E-state index in [4.69, 9.17) is 10.5 Å². The number of nitrogens with two attached hydrogens (primary N) is 1. The molecule has 5 nitrogen and oxygen atoms in total. The number of ether oxygens (including phenoxy) is 1. The van der Waals surface area contributed by atoms with E-state index in [1.54, 1.807) is 30.3 Å². The molecule has 0 saturated carbocycles. The Morgan fingerprint density at radius 1 is 1.23 bits per heavy atom. The summed E-state index contributed by atoms with van der Waals surface area (Å²) in [5.74, 6) is -0.0234. The smallest absolute Gasteiger partial charge is 0.343 e. The summed E-state index contributed by atoms with van der Waals surface area (Å²) in [4.78, 5) is 12.1. The van der Waals surface area contributed by atoms with E-state index in [-0.39, 0.29) is 5.11 Å². The highest BCUT2D eigenvalue weighted by Gasteiger charge is 2.10. The van der Waals surface area contributed by atoms with Crippen LogP contribution in [0.1, 0.15) is 21.5 Å². The Balaban J connectivity index is 2.15. The van der Waals surface area contributed by atoms with Gasteiger partial charge in [-0.15, -0.1) is 0 Å². The van der Waals surface area contributed by atoms with Gasteiger partial charge >= 0.3 is 5.97 Å². The van der Waals surface area contributed by atoms with Crippen LogP contribution in [0.4, 0.5) is 0 Å². The van der Waals surface area contributed by atoms with Gasteiger partial charge in [0.2, 0.25) is 0 Å². The Morgan fingerprint density at radius 3 is 2.59 bits per heavy atom. The van der Waals surface area contributed by atoms with Gasteiger partial charge in [0.1, 0.15) is 5.75 Å². The third-order valence-corrected chi connectivity index (χ3v) is 2.88. The summed E-state index contributed by atoms with van der Waals surface area (Å²) < 4.78 is 5.41. The molecule has 3 N–H and O–H groups in total. The van der Waals surface area contributed by atoms with Crippen LogP contribution in [-0.2, 0) is 0 Å². The molecule has 0 aliphatic carbocycles. The molecular formula is C16H15N3O2S. The second-order valence-corrected chi connectivity index (χ2v) is 4.97. The Hall–Kier alpha value is -2.73. The molecule has 0 atom stereocenters. The van der Waals surface area contributed by atoms with Gasteiger partial charge in [0.05, 0.1) is 11.8 Å². The van der Waals surface area contributed by atoms with Gasteiger partial charge in [0.25, 0.3) is 0 Å². The van der Waals surface area contributed by atoms with E-state index < -0.39 is 5.97 Å². The van der Waals surface area contributed by atoms with Crippen LogP contribution in [0, 0.1) is 6.92 Å². The molecule has 0 fully saturated rings. The molecule has 0 unspecified atom stereocenters. The Bertz CT molecular complexity index is 712. The molecule has 22 heavy (non-hydrogen) atoms. The molecule has 0 aliphatic rings. The van der Waals surface area contributed by atoms with E-state index in [0.29, 0.717) is 16.9 Å². The molecule has 2 aromatic carbocycles. The number of nitrogens with one attached hydrogen (secondary N) is 1. The number of aryl methyl sites for hydroxylation is 1. The van der Waals surface area contributed by atoms with Crippen LogP contribution in [0.15, 0.2) is 53.6 Å². The van der Waals surface area contributed by atoms with Crippen molar-refractivity contribution >= 4 is 29.5 Å². The van der Waals surface area contributed by atoms with Crippen molar-refractivity contribution in [1.29, 1.82) is 0 Å². The minimum Gasteiger partial charge on any atom is -0.422 e. The summed E-state index contributed by atoms with van der Waals surface area (Å²) in [5.41, 5.74) is 9.93. The number of carbonyl (C=O) groups excluding carboxylic acids is 1. The first-order valence-electron chi connectivity index (χ1n) is 6.52. The molecule has 0 aliphatic heterocycles. The van der Waals surface area contributed by atoms with Crippen LogP contribution < -0.4 is 15.9 Å². The molecule has 112 valence electrons. The molecule has 0 bridgehead atoms. The third kappa shape index (κ3) is 4.39. The molecule has 2 aromatic rings. The summed E-state index contributed by atoms with van der Waals surface area (Å²) in [7, 11) is 0. The summed E-state index contributed by atoms with van der Waals surface area (Å²) >= 11 is 4.66. The Labute approximate surface area is 133 Å². The molecular weight excluding hydrogens is 298 g/mol. The highest BCUT2D eigenvalue weighted by molar-refractivity contribution is 7.80. The van der Waals surface area contributed by atoms with Crippen LogP contribution in [0.3, 0.4) is 0 Å². The van der Waals surface area contributed by atoms with Crippen molar-refractivity contribution in [3.05, 3.63) is 65.2 Å². The second kappa shape index (κ2) is 7.33. The number of esters is 1. The average molecular weight is 313 g/mol. The number of hydrazone groups is 1. The SMILES string of the molecule is Cc1ccc(C(=O)Oc2ccccc2C=NNC(N)=S)cc1. The maximum atomic E-state index is 12.1. The molecule has 0 amide bonds. The molecule has 0 saturated heterocycles. The Kier molecular flexibility index (Phi) is 5.21. The third-order valence-electron chi connectivity index (χ3n) is 2.79. The van der Waals surface area contributed by atoms with Crippen molar-refractivity contribution in [2.24, 2.45) is 10.8 Å². The number of hydrogen-bond acceptors (Lipinski definition) is 4. The van der Waals surface area contributed by atoms with Gasteiger partial charge < -0.3 is 10.5 Å². The quantitative estimate of drug-likeness (QED) is 0.298. The summed E-state index contributed by atoms with van der Waals surface area (Å²) in [6.07, 6.45) is 1.48. The minimum atomic E-state index is -0.428. The van der Waals surface area contributed by atoms with Crippen molar-refractivity contribution in [2.75, 3.05) is 0 Å². The highest BCUT2D eigenvalue weighted by Crippen LogP contribution is 2.17. The van der Waals surface area contributed by atoms with Crippen molar-refractivity contribution in [2.45, 2.75) is 6.92 Å². The standard InChI is InChI=1S/C16H15N3O2S/c1-11-6-8-12(9-7-11)15(20)21-14-5-3-2-4-13(14)10-18-19-16(17)22/h2-10H,1H3,(H3,17,19,22). The first-order chi connectivity index (χ1) is 10.6. The van der Waals surface area contributed by atoms with Crippen LogP contribution >= 0.6 is 12.2 Å². The number of rotatable bonds is 4. The molecule has 0 radical (unpaired) electrons. The molecule has 0 heterocycles. The largest absolute Gasteiger partial charge is 0.422 e. The van der Waals surface area contributed by atoms with Gasteiger partial charge in [-0.25, -0.2) is 4.79 Å². The maximum absolute atomic E-state index is 12.1. The lowest BCUT2D eigenvalue weighted by molar-refractivity contribution is 0.0734. The van der Waals surface area contributed by atoms with Crippen LogP contribution in [0.25, 0.3) is 0 Å². The normalized spacial score (nSPS) is 10.4. The van der Waals surface area contributed by atoms with Crippen LogP contribution in [-0.4, -0.2) is 17.3 Å². The van der Waals surface area contributed by atoms with E-state index in [1.165, 1.54) is 6.21 Å². The van der Waals surface area contributed by atoms with Gasteiger partial charge in [-0.3, -0.25) is 5.43 Å². The fourth-order valence-corrected chi connectivity index (χ4v) is 1.75. The fourth-order valence-electron chi connectivity index (χ4n) is 1.69. The lowest BCUT2D eigenvalue weighted by atomic mass is 10.1. The number of carbonyl (C=O) groups is 1. The average Bonchev–Trinajstić information content (AvgIpc) is 2.49. The Morgan fingerprint density at radius 2 is 1.91 bits per heavy atom. The molecule has 0 spiro atoms. The van der Waals surface area contributed by atoms with Crippen molar-refractivity contribution in [3.8, 4) is 5.75 Å². The summed E-state index contributed by atoms with van der Waals surface area (Å²) in [5, 5.41) is 3.92.